The first-order chi connectivity index (χ1) is 10.2. The summed E-state index contributed by atoms with van der Waals surface area (Å²) < 4.78 is 28.3. The number of hydrogen-bond donors (Lipinski definition) is 1. The average molecular weight is 286 g/mol. The molecule has 0 saturated carbocycles. The number of aromatic nitrogens is 1. The van der Waals surface area contributed by atoms with Gasteiger partial charge in [0.05, 0.1) is 0 Å². The molecular weight excluding hydrogens is 270 g/mol. The molecule has 0 radical (unpaired) electrons. The third kappa shape index (κ3) is 2.81. The van der Waals surface area contributed by atoms with Crippen molar-refractivity contribution in [1.29, 1.82) is 0 Å². The van der Waals surface area contributed by atoms with E-state index in [1.807, 2.05) is 23.9 Å². The third-order valence-electron chi connectivity index (χ3n) is 3.56. The summed E-state index contributed by atoms with van der Waals surface area (Å²) in [4.78, 5) is 0. The van der Waals surface area contributed by atoms with Crippen LogP contribution in [-0.2, 0) is 13.1 Å². The summed E-state index contributed by atoms with van der Waals surface area (Å²) in [6.07, 6.45) is 1.97. The average Bonchev–Trinajstić information content (AvgIpc) is 2.86. The summed E-state index contributed by atoms with van der Waals surface area (Å²) in [7, 11) is 1.91. The van der Waals surface area contributed by atoms with Crippen LogP contribution in [0.1, 0.15) is 11.1 Å². The monoisotopic (exact) mass is 286 g/mol. The van der Waals surface area contributed by atoms with Crippen molar-refractivity contribution in [3.05, 3.63) is 71.4 Å². The van der Waals surface area contributed by atoms with Gasteiger partial charge < -0.3 is 9.88 Å². The van der Waals surface area contributed by atoms with Crippen LogP contribution in [0.2, 0.25) is 0 Å². The van der Waals surface area contributed by atoms with Gasteiger partial charge in [0.15, 0.2) is 11.6 Å². The summed E-state index contributed by atoms with van der Waals surface area (Å²) in [5.41, 5.74) is 3.02. The van der Waals surface area contributed by atoms with Crippen molar-refractivity contribution < 1.29 is 8.78 Å². The number of fused-ring (bicyclic) bond motifs is 1. The van der Waals surface area contributed by atoms with E-state index in [0.29, 0.717) is 6.54 Å². The summed E-state index contributed by atoms with van der Waals surface area (Å²) in [6.45, 7) is 1.32. The van der Waals surface area contributed by atoms with Gasteiger partial charge in [-0.15, -0.1) is 0 Å². The van der Waals surface area contributed by atoms with E-state index in [0.717, 1.165) is 23.0 Å². The molecule has 3 aromatic rings. The van der Waals surface area contributed by atoms with E-state index < -0.39 is 11.6 Å². The zero-order chi connectivity index (χ0) is 14.8. The molecule has 0 atom stereocenters. The number of hydrogen-bond acceptors (Lipinski definition) is 1. The minimum Gasteiger partial charge on any atom is -0.343 e. The Hall–Kier alpha value is -2.20. The molecule has 2 aromatic carbocycles. The van der Waals surface area contributed by atoms with E-state index in [1.54, 1.807) is 6.07 Å². The van der Waals surface area contributed by atoms with E-state index in [2.05, 4.69) is 23.5 Å². The van der Waals surface area contributed by atoms with Gasteiger partial charge in [-0.3, -0.25) is 0 Å². The lowest BCUT2D eigenvalue weighted by Gasteiger charge is -2.08. The quantitative estimate of drug-likeness (QED) is 0.774. The predicted molar refractivity (Wildman–Crippen MR) is 80.2 cm³/mol. The second kappa shape index (κ2) is 5.66. The van der Waals surface area contributed by atoms with Crippen molar-refractivity contribution in [2.45, 2.75) is 13.1 Å². The molecule has 0 unspecified atom stereocenters. The molecular formula is C17H16F2N2. The van der Waals surface area contributed by atoms with Crippen LogP contribution >= 0.6 is 0 Å². The molecule has 0 spiro atoms. The highest BCUT2D eigenvalue weighted by atomic mass is 19.2. The maximum absolute atomic E-state index is 13.3. The topological polar surface area (TPSA) is 17.0 Å². The number of benzene rings is 2. The molecule has 0 bridgehead atoms. The van der Waals surface area contributed by atoms with Gasteiger partial charge >= 0.3 is 0 Å². The Morgan fingerprint density at radius 2 is 1.76 bits per heavy atom. The molecule has 0 amide bonds. The standard InChI is InChI=1S/C17H16F2N2/c1-20-10-12-2-4-14-6-7-21(17(14)9-12)11-13-3-5-15(18)16(19)8-13/h2-9,20H,10-11H2,1H3. The van der Waals surface area contributed by atoms with Crippen molar-refractivity contribution in [1.82, 2.24) is 9.88 Å². The number of halogens is 2. The van der Waals surface area contributed by atoms with E-state index in [-0.39, 0.29) is 0 Å². The van der Waals surface area contributed by atoms with Gasteiger partial charge in [0.1, 0.15) is 0 Å². The molecule has 1 heterocycles. The predicted octanol–water partition coefficient (Wildman–Crippen LogP) is 3.69. The molecule has 4 heteroatoms. The normalized spacial score (nSPS) is 11.2. The van der Waals surface area contributed by atoms with Crippen LogP contribution in [0.4, 0.5) is 8.78 Å². The summed E-state index contributed by atoms with van der Waals surface area (Å²) in [5.74, 6) is -1.62. The molecule has 108 valence electrons. The van der Waals surface area contributed by atoms with Crippen molar-refractivity contribution in [3.8, 4) is 0 Å². The first kappa shape index (κ1) is 13.8. The molecule has 0 aliphatic rings. The lowest BCUT2D eigenvalue weighted by Crippen LogP contribution is -2.05. The van der Waals surface area contributed by atoms with Crippen LogP contribution in [0.5, 0.6) is 0 Å². The van der Waals surface area contributed by atoms with Gasteiger partial charge in [-0.05, 0) is 47.8 Å². The molecule has 0 aliphatic carbocycles. The van der Waals surface area contributed by atoms with E-state index in [9.17, 15) is 8.78 Å². The van der Waals surface area contributed by atoms with E-state index in [1.165, 1.54) is 17.7 Å². The first-order valence-corrected chi connectivity index (χ1v) is 6.83. The Balaban J connectivity index is 1.95. The van der Waals surface area contributed by atoms with Crippen molar-refractivity contribution in [2.75, 3.05) is 7.05 Å². The van der Waals surface area contributed by atoms with E-state index in [4.69, 9.17) is 0 Å². The minimum absolute atomic E-state index is 0.518. The molecule has 1 N–H and O–H groups in total. The molecule has 1 aromatic heterocycles. The lowest BCUT2D eigenvalue weighted by atomic mass is 10.1. The Morgan fingerprint density at radius 1 is 0.952 bits per heavy atom. The van der Waals surface area contributed by atoms with Gasteiger partial charge in [0.25, 0.3) is 0 Å². The summed E-state index contributed by atoms with van der Waals surface area (Å²) in [5, 5.41) is 4.26. The van der Waals surface area contributed by atoms with Crippen molar-refractivity contribution in [3.63, 3.8) is 0 Å². The zero-order valence-electron chi connectivity index (χ0n) is 11.7. The fourth-order valence-corrected chi connectivity index (χ4v) is 2.52. The Bertz CT molecular complexity index is 778. The second-order valence-electron chi connectivity index (χ2n) is 5.12. The highest BCUT2D eigenvalue weighted by Gasteiger charge is 2.06. The van der Waals surface area contributed by atoms with Crippen LogP contribution in [0.3, 0.4) is 0 Å². The molecule has 3 rings (SSSR count). The van der Waals surface area contributed by atoms with Crippen LogP contribution in [0, 0.1) is 11.6 Å². The maximum Gasteiger partial charge on any atom is 0.159 e. The molecule has 0 saturated heterocycles. The van der Waals surface area contributed by atoms with Crippen molar-refractivity contribution >= 4 is 10.9 Å². The smallest absolute Gasteiger partial charge is 0.159 e. The van der Waals surface area contributed by atoms with Gasteiger partial charge in [0, 0.05) is 24.8 Å². The Kier molecular flexibility index (Phi) is 3.71. The second-order valence-corrected chi connectivity index (χ2v) is 5.12. The van der Waals surface area contributed by atoms with Crippen molar-refractivity contribution in [2.24, 2.45) is 0 Å². The fourth-order valence-electron chi connectivity index (χ4n) is 2.52. The van der Waals surface area contributed by atoms with Crippen LogP contribution in [0.25, 0.3) is 10.9 Å². The Morgan fingerprint density at radius 3 is 2.52 bits per heavy atom. The highest BCUT2D eigenvalue weighted by Crippen LogP contribution is 2.20. The lowest BCUT2D eigenvalue weighted by molar-refractivity contribution is 0.506. The van der Waals surface area contributed by atoms with E-state index >= 15 is 0 Å². The SMILES string of the molecule is CNCc1ccc2ccn(Cc3ccc(F)c(F)c3)c2c1. The van der Waals surface area contributed by atoms with Gasteiger partial charge in [-0.25, -0.2) is 8.78 Å². The maximum atomic E-state index is 13.3. The zero-order valence-corrected chi connectivity index (χ0v) is 11.7. The highest BCUT2D eigenvalue weighted by molar-refractivity contribution is 5.81. The van der Waals surface area contributed by atoms with Gasteiger partial charge in [-0.1, -0.05) is 18.2 Å². The number of nitrogens with one attached hydrogen (secondary N) is 1. The fraction of sp³-hybridized carbons (Fsp3) is 0.176. The number of rotatable bonds is 4. The Labute approximate surface area is 122 Å². The largest absolute Gasteiger partial charge is 0.343 e. The van der Waals surface area contributed by atoms with Gasteiger partial charge in [0.2, 0.25) is 0 Å². The summed E-state index contributed by atoms with van der Waals surface area (Å²) in [6, 6.07) is 12.3. The van der Waals surface area contributed by atoms with Gasteiger partial charge in [-0.2, -0.15) is 0 Å². The molecule has 21 heavy (non-hydrogen) atoms. The first-order valence-electron chi connectivity index (χ1n) is 6.83. The molecule has 0 aliphatic heterocycles. The molecule has 2 nitrogen and oxygen atoms in total. The van der Waals surface area contributed by atoms with Crippen LogP contribution in [0.15, 0.2) is 48.7 Å². The van der Waals surface area contributed by atoms with Crippen LogP contribution < -0.4 is 5.32 Å². The summed E-state index contributed by atoms with van der Waals surface area (Å²) >= 11 is 0. The molecule has 0 fully saturated rings. The van der Waals surface area contributed by atoms with Crippen LogP contribution in [-0.4, -0.2) is 11.6 Å². The number of nitrogens with zero attached hydrogens (tertiary/aromatic N) is 1. The third-order valence-corrected chi connectivity index (χ3v) is 3.56. The minimum atomic E-state index is -0.813.